The summed E-state index contributed by atoms with van der Waals surface area (Å²) in [6.07, 6.45) is 1.19. The number of thiazole rings is 1. The van der Waals surface area contributed by atoms with Crippen LogP contribution in [0.15, 0.2) is 22.1 Å². The molecule has 1 atom stereocenters. The second kappa shape index (κ2) is 4.89. The molecule has 0 aliphatic heterocycles. The lowest BCUT2D eigenvalue weighted by atomic mass is 10.2. The third-order valence-electron chi connectivity index (χ3n) is 2.64. The Morgan fingerprint density at radius 2 is 2.35 bits per heavy atom. The zero-order chi connectivity index (χ0) is 12.4. The van der Waals surface area contributed by atoms with Crippen molar-refractivity contribution in [3.63, 3.8) is 0 Å². The van der Waals surface area contributed by atoms with Gasteiger partial charge in [0, 0.05) is 24.5 Å². The van der Waals surface area contributed by atoms with E-state index in [0.29, 0.717) is 0 Å². The number of hydrogen-bond donors (Lipinski definition) is 1. The molecule has 2 aromatic rings. The summed E-state index contributed by atoms with van der Waals surface area (Å²) in [6, 6.07) is 1.97. The minimum Gasteiger partial charge on any atom is -0.469 e. The summed E-state index contributed by atoms with van der Waals surface area (Å²) < 4.78 is 5.26. The van der Waals surface area contributed by atoms with Gasteiger partial charge in [-0.05, 0) is 19.9 Å². The minimum absolute atomic E-state index is 0.510. The number of nitrogens with zero attached hydrogens (tertiary/aromatic N) is 2. The van der Waals surface area contributed by atoms with Gasteiger partial charge in [0.05, 0.1) is 18.1 Å². The Bertz CT molecular complexity index is 490. The molecule has 0 bridgehead atoms. The number of aromatic nitrogens is 1. The molecule has 2 aromatic heterocycles. The molecular formula is C12H16N2O2S. The van der Waals surface area contributed by atoms with E-state index in [1.807, 2.05) is 25.4 Å². The highest BCUT2D eigenvalue weighted by Gasteiger charge is 2.12. The second-order valence-corrected chi connectivity index (χ2v) is 4.93. The largest absolute Gasteiger partial charge is 0.469 e. The highest BCUT2D eigenvalue weighted by molar-refractivity contribution is 7.13. The summed E-state index contributed by atoms with van der Waals surface area (Å²) in [7, 11) is 1.98. The summed E-state index contributed by atoms with van der Waals surface area (Å²) in [5.41, 5.74) is 1.88. The van der Waals surface area contributed by atoms with Crippen LogP contribution in [0.1, 0.15) is 30.0 Å². The quantitative estimate of drug-likeness (QED) is 0.909. The third-order valence-corrected chi connectivity index (χ3v) is 3.61. The highest BCUT2D eigenvalue weighted by Crippen LogP contribution is 2.24. The number of rotatable bonds is 4. The molecule has 92 valence electrons. The normalized spacial score (nSPS) is 12.7. The number of aliphatic hydroxyl groups excluding tert-OH is 1. The maximum atomic E-state index is 9.43. The first-order valence-corrected chi connectivity index (χ1v) is 6.33. The number of hydrogen-bond acceptors (Lipinski definition) is 5. The Hall–Kier alpha value is -1.33. The third kappa shape index (κ3) is 2.68. The van der Waals surface area contributed by atoms with Gasteiger partial charge in [-0.3, -0.25) is 0 Å². The zero-order valence-corrected chi connectivity index (χ0v) is 11.0. The van der Waals surface area contributed by atoms with Crippen molar-refractivity contribution in [1.82, 2.24) is 4.98 Å². The molecule has 4 nitrogen and oxygen atoms in total. The Kier molecular flexibility index (Phi) is 3.49. The van der Waals surface area contributed by atoms with Crippen molar-refractivity contribution in [2.45, 2.75) is 26.5 Å². The molecule has 2 rings (SSSR count). The van der Waals surface area contributed by atoms with Crippen molar-refractivity contribution >= 4 is 16.5 Å². The van der Waals surface area contributed by atoms with Crippen LogP contribution >= 0.6 is 11.3 Å². The van der Waals surface area contributed by atoms with Gasteiger partial charge < -0.3 is 14.4 Å². The predicted octanol–water partition coefficient (Wildman–Crippen LogP) is 2.73. The molecule has 1 N–H and O–H groups in total. The van der Waals surface area contributed by atoms with Crippen LogP contribution in [0.4, 0.5) is 5.13 Å². The van der Waals surface area contributed by atoms with Gasteiger partial charge in [-0.1, -0.05) is 0 Å². The van der Waals surface area contributed by atoms with E-state index in [4.69, 9.17) is 4.42 Å². The highest BCUT2D eigenvalue weighted by atomic mass is 32.1. The van der Waals surface area contributed by atoms with Gasteiger partial charge in [-0.25, -0.2) is 4.98 Å². The maximum absolute atomic E-state index is 9.43. The maximum Gasteiger partial charge on any atom is 0.185 e. The van der Waals surface area contributed by atoms with E-state index in [-0.39, 0.29) is 0 Å². The van der Waals surface area contributed by atoms with E-state index in [1.54, 1.807) is 13.2 Å². The molecule has 2 heterocycles. The lowest BCUT2D eigenvalue weighted by Crippen LogP contribution is -2.16. The molecule has 1 unspecified atom stereocenters. The molecule has 0 amide bonds. The predicted molar refractivity (Wildman–Crippen MR) is 68.3 cm³/mol. The van der Waals surface area contributed by atoms with E-state index in [1.165, 1.54) is 11.3 Å². The Labute approximate surface area is 105 Å². The molecule has 0 saturated heterocycles. The van der Waals surface area contributed by atoms with Crippen LogP contribution in [0.2, 0.25) is 0 Å². The summed E-state index contributed by atoms with van der Waals surface area (Å²) in [5.74, 6) is 0.934. The van der Waals surface area contributed by atoms with Crippen LogP contribution in [0.5, 0.6) is 0 Å². The number of anilines is 1. The van der Waals surface area contributed by atoms with Gasteiger partial charge >= 0.3 is 0 Å². The van der Waals surface area contributed by atoms with Crippen LogP contribution in [-0.4, -0.2) is 17.1 Å². The van der Waals surface area contributed by atoms with E-state index in [2.05, 4.69) is 9.88 Å². The Balaban J connectivity index is 2.09. The van der Waals surface area contributed by atoms with Gasteiger partial charge in [0.1, 0.15) is 5.76 Å². The van der Waals surface area contributed by atoms with Gasteiger partial charge in [0.2, 0.25) is 0 Å². The Morgan fingerprint density at radius 1 is 1.59 bits per heavy atom. The lowest BCUT2D eigenvalue weighted by Gasteiger charge is -2.14. The van der Waals surface area contributed by atoms with E-state index >= 15 is 0 Å². The molecule has 5 heteroatoms. The van der Waals surface area contributed by atoms with E-state index in [9.17, 15) is 5.11 Å². The van der Waals surface area contributed by atoms with Crippen molar-refractivity contribution in [2.75, 3.05) is 11.9 Å². The molecule has 0 aromatic carbocycles. The van der Waals surface area contributed by atoms with Gasteiger partial charge in [0.15, 0.2) is 5.13 Å². The van der Waals surface area contributed by atoms with Crippen LogP contribution < -0.4 is 4.90 Å². The average molecular weight is 252 g/mol. The molecule has 0 saturated carbocycles. The monoisotopic (exact) mass is 252 g/mol. The van der Waals surface area contributed by atoms with E-state index < -0.39 is 6.10 Å². The first-order valence-electron chi connectivity index (χ1n) is 5.45. The smallest absolute Gasteiger partial charge is 0.185 e. The van der Waals surface area contributed by atoms with Crippen molar-refractivity contribution in [1.29, 1.82) is 0 Å². The summed E-state index contributed by atoms with van der Waals surface area (Å²) >= 11 is 1.54. The van der Waals surface area contributed by atoms with Crippen molar-refractivity contribution in [3.05, 3.63) is 34.7 Å². The van der Waals surface area contributed by atoms with Crippen LogP contribution in [-0.2, 0) is 6.54 Å². The molecule has 0 aliphatic carbocycles. The van der Waals surface area contributed by atoms with Crippen LogP contribution in [0.3, 0.4) is 0 Å². The summed E-state index contributed by atoms with van der Waals surface area (Å²) in [4.78, 5) is 6.43. The first-order chi connectivity index (χ1) is 8.08. The van der Waals surface area contributed by atoms with E-state index in [0.717, 1.165) is 28.7 Å². The first kappa shape index (κ1) is 12.1. The van der Waals surface area contributed by atoms with Gasteiger partial charge in [-0.2, -0.15) is 0 Å². The zero-order valence-electron chi connectivity index (χ0n) is 10.2. The van der Waals surface area contributed by atoms with Crippen LogP contribution in [0, 0.1) is 6.92 Å². The fourth-order valence-corrected chi connectivity index (χ4v) is 2.42. The summed E-state index contributed by atoms with van der Waals surface area (Å²) in [5, 5.41) is 12.2. The Morgan fingerprint density at radius 3 is 2.88 bits per heavy atom. The summed E-state index contributed by atoms with van der Waals surface area (Å²) in [6.45, 7) is 4.43. The minimum atomic E-state index is -0.510. The standard InChI is InChI=1S/C12H16N2O2S/c1-8(15)11-7-17-12(13-11)14(3)6-10-4-5-16-9(10)2/h4-5,7-8,15H,6H2,1-3H3. The second-order valence-electron chi connectivity index (χ2n) is 4.09. The SMILES string of the molecule is Cc1occc1CN(C)c1nc(C(C)O)cs1. The van der Waals surface area contributed by atoms with Gasteiger partial charge in [-0.15, -0.1) is 11.3 Å². The number of aryl methyl sites for hydroxylation is 1. The van der Waals surface area contributed by atoms with Crippen molar-refractivity contribution in [3.8, 4) is 0 Å². The molecule has 17 heavy (non-hydrogen) atoms. The fraction of sp³-hybridized carbons (Fsp3) is 0.417. The van der Waals surface area contributed by atoms with Crippen LogP contribution in [0.25, 0.3) is 0 Å². The average Bonchev–Trinajstić information content (AvgIpc) is 2.88. The molecule has 0 spiro atoms. The van der Waals surface area contributed by atoms with Crippen molar-refractivity contribution in [2.24, 2.45) is 0 Å². The molecule has 0 radical (unpaired) electrons. The fourth-order valence-electron chi connectivity index (χ4n) is 1.54. The lowest BCUT2D eigenvalue weighted by molar-refractivity contribution is 0.195. The number of furan rings is 1. The number of aliphatic hydroxyl groups is 1. The molecule has 0 aliphatic rings. The molecule has 0 fully saturated rings. The topological polar surface area (TPSA) is 49.5 Å². The molecular weight excluding hydrogens is 236 g/mol. The van der Waals surface area contributed by atoms with Crippen molar-refractivity contribution < 1.29 is 9.52 Å². The van der Waals surface area contributed by atoms with Gasteiger partial charge in [0.25, 0.3) is 0 Å².